The van der Waals surface area contributed by atoms with Gasteiger partial charge in [0, 0.05) is 6.07 Å². The van der Waals surface area contributed by atoms with E-state index in [0.717, 1.165) is 16.1 Å². The Morgan fingerprint density at radius 1 is 1.28 bits per heavy atom. The van der Waals surface area contributed by atoms with Crippen LogP contribution in [-0.4, -0.2) is 32.3 Å². The Bertz CT molecular complexity index is 866. The van der Waals surface area contributed by atoms with Crippen LogP contribution in [0.4, 0.5) is 11.5 Å². The van der Waals surface area contributed by atoms with E-state index in [1.165, 1.54) is 0 Å². The summed E-state index contributed by atoms with van der Waals surface area (Å²) in [4.78, 5) is 12.3. The van der Waals surface area contributed by atoms with Gasteiger partial charge in [0.25, 0.3) is 0 Å². The van der Waals surface area contributed by atoms with Gasteiger partial charge < -0.3 is 9.84 Å². The first-order valence-corrected chi connectivity index (χ1v) is 9.63. The van der Waals surface area contributed by atoms with Gasteiger partial charge in [-0.05, 0) is 24.0 Å². The number of para-hydroxylation sites is 1. The number of amides is 1. The van der Waals surface area contributed by atoms with E-state index in [4.69, 9.17) is 4.52 Å². The number of hydrogen-bond donors (Lipinski definition) is 1. The summed E-state index contributed by atoms with van der Waals surface area (Å²) in [5.41, 5.74) is 1.05. The van der Waals surface area contributed by atoms with Crippen LogP contribution in [0, 0.1) is 6.92 Å². The molecule has 8 heteroatoms. The van der Waals surface area contributed by atoms with Crippen LogP contribution in [0.3, 0.4) is 0 Å². The fourth-order valence-corrected chi connectivity index (χ4v) is 3.31. The Morgan fingerprint density at radius 3 is 2.44 bits per heavy atom. The molecule has 0 fully saturated rings. The number of aromatic nitrogens is 1. The van der Waals surface area contributed by atoms with E-state index in [9.17, 15) is 13.2 Å². The zero-order valence-electron chi connectivity index (χ0n) is 15.0. The molecule has 1 aromatic heterocycles. The molecule has 0 aliphatic carbocycles. The highest BCUT2D eigenvalue weighted by Gasteiger charge is 2.27. The van der Waals surface area contributed by atoms with Crippen molar-refractivity contribution < 1.29 is 17.7 Å². The van der Waals surface area contributed by atoms with Gasteiger partial charge in [-0.25, -0.2) is 8.42 Å². The number of rotatable bonds is 5. The van der Waals surface area contributed by atoms with Crippen LogP contribution in [0.15, 0.2) is 34.9 Å². The smallest absolute Gasteiger partial charge is 0.246 e. The summed E-state index contributed by atoms with van der Waals surface area (Å²) in [5, 5.41) is 6.22. The van der Waals surface area contributed by atoms with Crippen LogP contribution in [0.25, 0.3) is 0 Å². The Labute approximate surface area is 148 Å². The number of nitrogens with zero attached hydrogens (tertiary/aromatic N) is 2. The lowest BCUT2D eigenvalue weighted by atomic mass is 9.86. The van der Waals surface area contributed by atoms with Crippen molar-refractivity contribution in [3.8, 4) is 0 Å². The van der Waals surface area contributed by atoms with Crippen molar-refractivity contribution in [2.75, 3.05) is 22.4 Å². The average molecular weight is 365 g/mol. The minimum atomic E-state index is -3.65. The molecule has 0 aliphatic rings. The molecule has 2 rings (SSSR count). The number of benzene rings is 1. The van der Waals surface area contributed by atoms with Crippen LogP contribution >= 0.6 is 0 Å². The number of carbonyl (C=O) groups is 1. The third-order valence-corrected chi connectivity index (χ3v) is 4.69. The van der Waals surface area contributed by atoms with E-state index in [-0.39, 0.29) is 17.8 Å². The molecule has 0 atom stereocenters. The summed E-state index contributed by atoms with van der Waals surface area (Å²) in [6, 6.07) is 8.73. The summed E-state index contributed by atoms with van der Waals surface area (Å²) in [6.07, 6.45) is 1.08. The van der Waals surface area contributed by atoms with Gasteiger partial charge in [0.2, 0.25) is 15.9 Å². The van der Waals surface area contributed by atoms with Gasteiger partial charge in [-0.1, -0.05) is 44.1 Å². The summed E-state index contributed by atoms with van der Waals surface area (Å²) in [6.45, 7) is 7.32. The fourth-order valence-electron chi connectivity index (χ4n) is 2.44. The lowest BCUT2D eigenvalue weighted by Gasteiger charge is -2.29. The van der Waals surface area contributed by atoms with Crippen LogP contribution in [0.5, 0.6) is 0 Å². The van der Waals surface area contributed by atoms with Crippen molar-refractivity contribution in [3.05, 3.63) is 41.7 Å². The Balaban J connectivity index is 2.34. The predicted molar refractivity (Wildman–Crippen MR) is 97.2 cm³/mol. The van der Waals surface area contributed by atoms with Gasteiger partial charge >= 0.3 is 0 Å². The second-order valence-electron chi connectivity index (χ2n) is 6.91. The number of aryl methyl sites for hydroxylation is 1. The van der Waals surface area contributed by atoms with Crippen molar-refractivity contribution in [3.63, 3.8) is 0 Å². The molecule has 0 saturated carbocycles. The van der Waals surface area contributed by atoms with E-state index >= 15 is 0 Å². The number of anilines is 2. The fraction of sp³-hybridized carbons (Fsp3) is 0.412. The number of sulfonamides is 1. The average Bonchev–Trinajstić information content (AvgIpc) is 2.88. The molecule has 1 N–H and O–H groups in total. The molecule has 1 amide bonds. The zero-order valence-corrected chi connectivity index (χ0v) is 15.8. The maximum Gasteiger partial charge on any atom is 0.246 e. The second-order valence-corrected chi connectivity index (χ2v) is 8.81. The van der Waals surface area contributed by atoms with Crippen molar-refractivity contribution in [1.29, 1.82) is 0 Å². The van der Waals surface area contributed by atoms with Crippen LogP contribution < -0.4 is 9.62 Å². The predicted octanol–water partition coefficient (Wildman–Crippen LogP) is 2.69. The monoisotopic (exact) mass is 365 g/mol. The molecule has 136 valence electrons. The molecule has 0 aliphatic heterocycles. The summed E-state index contributed by atoms with van der Waals surface area (Å²) in [5.74, 6) is 0.302. The molecule has 0 spiro atoms. The lowest BCUT2D eigenvalue weighted by molar-refractivity contribution is -0.114. The largest absolute Gasteiger partial charge is 0.360 e. The van der Waals surface area contributed by atoms with Crippen LogP contribution in [0.2, 0.25) is 0 Å². The minimum Gasteiger partial charge on any atom is -0.360 e. The highest BCUT2D eigenvalue weighted by Crippen LogP contribution is 2.32. The topological polar surface area (TPSA) is 92.5 Å². The maximum atomic E-state index is 12.3. The SMILES string of the molecule is Cc1cc(NC(=O)CN(c2ccccc2C(C)(C)C)S(C)(=O)=O)no1. The quantitative estimate of drug-likeness (QED) is 0.879. The summed E-state index contributed by atoms with van der Waals surface area (Å²) < 4.78 is 30.6. The first-order valence-electron chi connectivity index (χ1n) is 7.79. The molecular formula is C17H23N3O4S. The first-order chi connectivity index (χ1) is 11.5. The van der Waals surface area contributed by atoms with Gasteiger partial charge in [0.15, 0.2) is 5.82 Å². The third kappa shape index (κ3) is 4.82. The summed E-state index contributed by atoms with van der Waals surface area (Å²) >= 11 is 0. The van der Waals surface area contributed by atoms with Crippen molar-refractivity contribution in [1.82, 2.24) is 5.16 Å². The van der Waals surface area contributed by atoms with Crippen molar-refractivity contribution in [2.45, 2.75) is 33.1 Å². The molecule has 0 saturated heterocycles. The van der Waals surface area contributed by atoms with Crippen molar-refractivity contribution in [2.24, 2.45) is 0 Å². The Kier molecular flexibility index (Phi) is 5.22. The molecule has 2 aromatic rings. The van der Waals surface area contributed by atoms with E-state index < -0.39 is 15.9 Å². The van der Waals surface area contributed by atoms with Crippen molar-refractivity contribution >= 4 is 27.4 Å². The molecule has 7 nitrogen and oxygen atoms in total. The normalized spacial score (nSPS) is 12.0. The maximum absolute atomic E-state index is 12.3. The number of carbonyl (C=O) groups excluding carboxylic acids is 1. The number of hydrogen-bond acceptors (Lipinski definition) is 5. The molecule has 0 bridgehead atoms. The molecule has 1 heterocycles. The number of nitrogens with one attached hydrogen (secondary N) is 1. The van der Waals surface area contributed by atoms with Gasteiger partial charge in [-0.2, -0.15) is 0 Å². The third-order valence-electron chi connectivity index (χ3n) is 3.56. The summed E-state index contributed by atoms with van der Waals surface area (Å²) in [7, 11) is -3.65. The molecule has 0 unspecified atom stereocenters. The molecular weight excluding hydrogens is 342 g/mol. The van der Waals surface area contributed by atoms with Crippen LogP contribution in [0.1, 0.15) is 32.1 Å². The van der Waals surface area contributed by atoms with Gasteiger partial charge in [0.05, 0.1) is 11.9 Å². The van der Waals surface area contributed by atoms with E-state index in [1.807, 2.05) is 32.9 Å². The lowest BCUT2D eigenvalue weighted by Crippen LogP contribution is -2.38. The molecule has 1 aromatic carbocycles. The van der Waals surface area contributed by atoms with Gasteiger partial charge in [-0.3, -0.25) is 9.10 Å². The standard InChI is InChI=1S/C17H23N3O4S/c1-12-10-15(19-24-12)18-16(21)11-20(25(5,22)23)14-9-7-6-8-13(14)17(2,3)4/h6-10H,11H2,1-5H3,(H,18,19,21). The zero-order chi connectivity index (χ0) is 18.8. The van der Waals surface area contributed by atoms with E-state index in [1.54, 1.807) is 25.1 Å². The first kappa shape index (κ1) is 19.0. The highest BCUT2D eigenvalue weighted by atomic mass is 32.2. The molecule has 25 heavy (non-hydrogen) atoms. The minimum absolute atomic E-state index is 0.250. The highest BCUT2D eigenvalue weighted by molar-refractivity contribution is 7.92. The molecule has 0 radical (unpaired) electrons. The second kappa shape index (κ2) is 6.87. The Morgan fingerprint density at radius 2 is 1.92 bits per heavy atom. The van der Waals surface area contributed by atoms with Gasteiger partial charge in [0.1, 0.15) is 12.3 Å². The van der Waals surface area contributed by atoms with Gasteiger partial charge in [-0.15, -0.1) is 0 Å². The van der Waals surface area contributed by atoms with E-state index in [2.05, 4.69) is 10.5 Å². The Hall–Kier alpha value is -2.35. The van der Waals surface area contributed by atoms with Crippen LogP contribution in [-0.2, 0) is 20.2 Å². The van der Waals surface area contributed by atoms with E-state index in [0.29, 0.717) is 11.4 Å².